The molecule has 2 aromatic heterocycles. The Balaban J connectivity index is 1.51. The maximum Gasteiger partial charge on any atom is 0.323 e. The Labute approximate surface area is 233 Å². The molecular formula is C32H31N5O3. The molecule has 0 bridgehead atoms. The van der Waals surface area contributed by atoms with E-state index in [0.717, 1.165) is 39.8 Å². The zero-order valence-corrected chi connectivity index (χ0v) is 22.7. The highest BCUT2D eigenvalue weighted by atomic mass is 16.5. The van der Waals surface area contributed by atoms with Crippen LogP contribution in [-0.4, -0.2) is 39.0 Å². The van der Waals surface area contributed by atoms with Crippen molar-refractivity contribution in [2.75, 3.05) is 19.0 Å². The highest BCUT2D eigenvalue weighted by Crippen LogP contribution is 2.39. The third-order valence-corrected chi connectivity index (χ3v) is 7.20. The zero-order chi connectivity index (χ0) is 27.6. The molecule has 1 N–H and O–H groups in total. The molecule has 8 nitrogen and oxygen atoms in total. The number of urea groups is 1. The Hall–Kier alpha value is -4.98. The van der Waals surface area contributed by atoms with E-state index < -0.39 is 0 Å². The number of carbonyl (C=O) groups is 1. The molecule has 0 aliphatic carbocycles. The molecule has 202 valence electrons. The summed E-state index contributed by atoms with van der Waals surface area (Å²) in [6.07, 6.45) is 2.04. The van der Waals surface area contributed by atoms with Crippen molar-refractivity contribution in [1.29, 1.82) is 0 Å². The molecule has 0 radical (unpaired) electrons. The van der Waals surface area contributed by atoms with Crippen LogP contribution in [0.15, 0.2) is 97.2 Å². The molecule has 0 saturated carbocycles. The van der Waals surface area contributed by atoms with Gasteiger partial charge in [0.05, 0.1) is 49.1 Å². The van der Waals surface area contributed by atoms with E-state index in [-0.39, 0.29) is 12.1 Å². The van der Waals surface area contributed by atoms with E-state index in [0.29, 0.717) is 24.6 Å². The number of ether oxygens (including phenoxy) is 2. The van der Waals surface area contributed by atoms with E-state index in [4.69, 9.17) is 14.6 Å². The Kier molecular flexibility index (Phi) is 6.74. The maximum atomic E-state index is 14.2. The number of aromatic nitrogens is 3. The molecule has 0 fully saturated rings. The summed E-state index contributed by atoms with van der Waals surface area (Å²) in [5.74, 6) is 2.31. The van der Waals surface area contributed by atoms with E-state index in [2.05, 4.69) is 16.0 Å². The van der Waals surface area contributed by atoms with Crippen LogP contribution in [0.4, 0.5) is 10.5 Å². The molecular weight excluding hydrogens is 502 g/mol. The van der Waals surface area contributed by atoms with Crippen molar-refractivity contribution in [2.24, 2.45) is 0 Å². The number of aryl methyl sites for hydroxylation is 1. The van der Waals surface area contributed by atoms with E-state index in [1.165, 1.54) is 0 Å². The predicted octanol–water partition coefficient (Wildman–Crippen LogP) is 6.52. The molecule has 0 saturated heterocycles. The van der Waals surface area contributed by atoms with Gasteiger partial charge in [0.2, 0.25) is 0 Å². The second-order valence-electron chi connectivity index (χ2n) is 9.60. The van der Waals surface area contributed by atoms with Gasteiger partial charge >= 0.3 is 6.03 Å². The number of carbonyl (C=O) groups excluding carboxylic acids is 1. The molecule has 1 unspecified atom stereocenters. The predicted molar refractivity (Wildman–Crippen MR) is 155 cm³/mol. The fourth-order valence-corrected chi connectivity index (χ4v) is 5.35. The highest BCUT2D eigenvalue weighted by Gasteiger charge is 2.36. The van der Waals surface area contributed by atoms with Gasteiger partial charge in [-0.05, 0) is 67.9 Å². The minimum atomic E-state index is -0.378. The largest absolute Gasteiger partial charge is 0.495 e. The molecule has 5 aromatic rings. The van der Waals surface area contributed by atoms with Crippen molar-refractivity contribution in [3.8, 4) is 23.0 Å². The molecule has 1 aliphatic rings. The fourth-order valence-electron chi connectivity index (χ4n) is 5.35. The normalized spacial score (nSPS) is 14.2. The standard InChI is InChI=1S/C32H31N5O3/c1-4-40-25-18-16-23(17-19-25)30-28-14-10-20-35(28)31-26(22(2)34-37(31)24-11-6-5-7-12-24)21-36(30)32(38)33-27-13-8-9-15-29(27)39-3/h5-20,30H,4,21H2,1-3H3,(H,33,38). The van der Waals surface area contributed by atoms with Crippen molar-refractivity contribution in [3.63, 3.8) is 0 Å². The van der Waals surface area contributed by atoms with E-state index >= 15 is 0 Å². The summed E-state index contributed by atoms with van der Waals surface area (Å²) >= 11 is 0. The van der Waals surface area contributed by atoms with Gasteiger partial charge in [-0.2, -0.15) is 5.10 Å². The lowest BCUT2D eigenvalue weighted by Gasteiger charge is -2.31. The van der Waals surface area contributed by atoms with Gasteiger partial charge in [0, 0.05) is 11.8 Å². The molecule has 3 aromatic carbocycles. The monoisotopic (exact) mass is 533 g/mol. The lowest BCUT2D eigenvalue weighted by molar-refractivity contribution is 0.194. The van der Waals surface area contributed by atoms with Crippen molar-refractivity contribution in [3.05, 3.63) is 120 Å². The van der Waals surface area contributed by atoms with E-state index in [1.54, 1.807) is 7.11 Å². The Morgan fingerprint density at radius 1 is 0.975 bits per heavy atom. The zero-order valence-electron chi connectivity index (χ0n) is 22.7. The van der Waals surface area contributed by atoms with Crippen LogP contribution in [-0.2, 0) is 6.54 Å². The number of fused-ring (bicyclic) bond motifs is 3. The number of benzene rings is 3. The lowest BCUT2D eigenvalue weighted by Crippen LogP contribution is -2.38. The SMILES string of the molecule is CCOc1ccc(C2c3cccn3-c3c(c(C)nn3-c3ccccc3)CN2C(=O)Nc2ccccc2OC)cc1. The molecule has 1 aliphatic heterocycles. The van der Waals surface area contributed by atoms with Gasteiger partial charge in [-0.3, -0.25) is 0 Å². The highest BCUT2D eigenvalue weighted by molar-refractivity contribution is 5.91. The number of anilines is 1. The summed E-state index contributed by atoms with van der Waals surface area (Å²) in [6.45, 7) is 4.90. The summed E-state index contributed by atoms with van der Waals surface area (Å²) in [5, 5.41) is 8.02. The third-order valence-electron chi connectivity index (χ3n) is 7.20. The molecule has 40 heavy (non-hydrogen) atoms. The Morgan fingerprint density at radius 2 is 1.73 bits per heavy atom. The first-order valence-electron chi connectivity index (χ1n) is 13.3. The number of para-hydroxylation sites is 3. The molecule has 0 spiro atoms. The maximum absolute atomic E-state index is 14.2. The number of hydrogen-bond acceptors (Lipinski definition) is 4. The van der Waals surface area contributed by atoms with Crippen LogP contribution < -0.4 is 14.8 Å². The van der Waals surface area contributed by atoms with Crippen LogP contribution in [0.5, 0.6) is 11.5 Å². The second kappa shape index (κ2) is 10.6. The first kappa shape index (κ1) is 25.3. The van der Waals surface area contributed by atoms with E-state index in [1.807, 2.05) is 115 Å². The first-order valence-corrected chi connectivity index (χ1v) is 13.3. The first-order chi connectivity index (χ1) is 19.6. The lowest BCUT2D eigenvalue weighted by atomic mass is 10.0. The minimum Gasteiger partial charge on any atom is -0.495 e. The van der Waals surface area contributed by atoms with Crippen LogP contribution in [0.2, 0.25) is 0 Å². The summed E-state index contributed by atoms with van der Waals surface area (Å²) in [7, 11) is 1.60. The number of nitrogens with zero attached hydrogens (tertiary/aromatic N) is 4. The van der Waals surface area contributed by atoms with Crippen LogP contribution in [0, 0.1) is 6.92 Å². The summed E-state index contributed by atoms with van der Waals surface area (Å²) in [6, 6.07) is 28.9. The average molecular weight is 534 g/mol. The number of hydrogen-bond donors (Lipinski definition) is 1. The van der Waals surface area contributed by atoms with Crippen molar-refractivity contribution < 1.29 is 14.3 Å². The summed E-state index contributed by atoms with van der Waals surface area (Å²) < 4.78 is 15.3. The third kappa shape index (κ3) is 4.47. The number of rotatable bonds is 6. The van der Waals surface area contributed by atoms with E-state index in [9.17, 15) is 4.79 Å². The van der Waals surface area contributed by atoms with Gasteiger partial charge in [0.1, 0.15) is 17.3 Å². The van der Waals surface area contributed by atoms with Crippen molar-refractivity contribution >= 4 is 11.7 Å². The van der Waals surface area contributed by atoms with Gasteiger partial charge in [-0.25, -0.2) is 9.48 Å². The number of amides is 2. The molecule has 6 rings (SSSR count). The van der Waals surface area contributed by atoms with Crippen molar-refractivity contribution in [2.45, 2.75) is 26.4 Å². The average Bonchev–Trinajstić information content (AvgIpc) is 3.55. The molecule has 3 heterocycles. The number of nitrogens with one attached hydrogen (secondary N) is 1. The summed E-state index contributed by atoms with van der Waals surface area (Å²) in [4.78, 5) is 16.0. The Bertz CT molecular complexity index is 1640. The van der Waals surface area contributed by atoms with Crippen LogP contribution >= 0.6 is 0 Å². The molecule has 8 heteroatoms. The number of methoxy groups -OCH3 is 1. The van der Waals surface area contributed by atoms with Gasteiger partial charge in [0.25, 0.3) is 0 Å². The minimum absolute atomic E-state index is 0.240. The van der Waals surface area contributed by atoms with Crippen molar-refractivity contribution in [1.82, 2.24) is 19.2 Å². The van der Waals surface area contributed by atoms with Crippen LogP contribution in [0.3, 0.4) is 0 Å². The quantitative estimate of drug-likeness (QED) is 0.270. The van der Waals surface area contributed by atoms with Gasteiger partial charge in [0.15, 0.2) is 0 Å². The second-order valence-corrected chi connectivity index (χ2v) is 9.60. The smallest absolute Gasteiger partial charge is 0.323 e. The van der Waals surface area contributed by atoms with Crippen LogP contribution in [0.25, 0.3) is 11.5 Å². The van der Waals surface area contributed by atoms with Gasteiger partial charge in [-0.1, -0.05) is 42.5 Å². The topological polar surface area (TPSA) is 73.5 Å². The fraction of sp³-hybridized carbons (Fsp3) is 0.188. The Morgan fingerprint density at radius 3 is 2.48 bits per heavy atom. The van der Waals surface area contributed by atoms with Gasteiger partial charge in [-0.15, -0.1) is 0 Å². The van der Waals surface area contributed by atoms with Gasteiger partial charge < -0.3 is 24.3 Å². The van der Waals surface area contributed by atoms with Crippen LogP contribution in [0.1, 0.15) is 35.5 Å². The molecule has 1 atom stereocenters. The summed E-state index contributed by atoms with van der Waals surface area (Å²) in [5.41, 5.74) is 5.33. The molecule has 2 amide bonds.